The molecule has 0 atom stereocenters. The quantitative estimate of drug-likeness (QED) is 0.814. The summed E-state index contributed by atoms with van der Waals surface area (Å²) < 4.78 is 0.819. The smallest absolute Gasteiger partial charge is 0.246 e. The van der Waals surface area contributed by atoms with Crippen LogP contribution in [0.1, 0.15) is 16.0 Å². The largest absolute Gasteiger partial charge is 0.392 e. The fourth-order valence-corrected chi connectivity index (χ4v) is 3.98. The lowest BCUT2D eigenvalue weighted by Crippen LogP contribution is -2.47. The van der Waals surface area contributed by atoms with E-state index in [1.54, 1.807) is 17.4 Å². The Morgan fingerprint density at radius 3 is 2.68 bits per heavy atom. The number of carbonyl (C=O) groups is 1. The maximum atomic E-state index is 12.4. The molecule has 1 N–H and O–H groups in total. The maximum absolute atomic E-state index is 12.4. The number of piperazine rings is 1. The first-order valence-corrected chi connectivity index (χ1v) is 9.47. The van der Waals surface area contributed by atoms with Crippen molar-refractivity contribution in [3.05, 3.63) is 62.8 Å². The predicted octanol–water partition coefficient (Wildman–Crippen LogP) is 3.25. The molecule has 1 amide bonds. The minimum atomic E-state index is 0.00698. The highest BCUT2D eigenvalue weighted by Crippen LogP contribution is 2.23. The van der Waals surface area contributed by atoms with E-state index in [1.165, 1.54) is 4.88 Å². The number of hydrogen-bond donors (Lipinski definition) is 1. The van der Waals surface area contributed by atoms with E-state index in [0.717, 1.165) is 48.2 Å². The molecule has 132 valence electrons. The second-order valence-electron chi connectivity index (χ2n) is 6.04. The molecule has 0 unspecified atom stereocenters. The topological polar surface area (TPSA) is 43.8 Å². The molecule has 1 aliphatic rings. The Morgan fingerprint density at radius 1 is 1.20 bits per heavy atom. The number of aliphatic hydroxyl groups is 1. The number of hydrogen-bond acceptors (Lipinski definition) is 4. The highest BCUT2D eigenvalue weighted by Gasteiger charge is 2.19. The summed E-state index contributed by atoms with van der Waals surface area (Å²) in [5, 5.41) is 9.16. The summed E-state index contributed by atoms with van der Waals surface area (Å²) in [7, 11) is 0. The zero-order chi connectivity index (χ0) is 17.6. The number of rotatable bonds is 5. The van der Waals surface area contributed by atoms with Crippen molar-refractivity contribution in [1.82, 2.24) is 9.80 Å². The third kappa shape index (κ3) is 5.16. The number of halogens is 1. The molecule has 0 spiro atoms. The van der Waals surface area contributed by atoms with Crippen LogP contribution in [0.4, 0.5) is 0 Å². The Bertz CT molecular complexity index is 751. The molecule has 1 aromatic carbocycles. The normalized spacial score (nSPS) is 15.8. The number of amides is 1. The summed E-state index contributed by atoms with van der Waals surface area (Å²) in [6.45, 7) is 4.11. The lowest BCUT2D eigenvalue weighted by molar-refractivity contribution is -0.127. The lowest BCUT2D eigenvalue weighted by Gasteiger charge is -2.33. The Labute approximate surface area is 156 Å². The second kappa shape index (κ2) is 8.63. The average Bonchev–Trinajstić information content (AvgIpc) is 3.05. The monoisotopic (exact) mass is 376 g/mol. The van der Waals surface area contributed by atoms with Gasteiger partial charge in [-0.25, -0.2) is 0 Å². The van der Waals surface area contributed by atoms with Crippen molar-refractivity contribution in [3.63, 3.8) is 0 Å². The van der Waals surface area contributed by atoms with Gasteiger partial charge in [0, 0.05) is 43.7 Å². The van der Waals surface area contributed by atoms with E-state index in [4.69, 9.17) is 16.7 Å². The predicted molar refractivity (Wildman–Crippen MR) is 103 cm³/mol. The second-order valence-corrected chi connectivity index (χ2v) is 7.84. The van der Waals surface area contributed by atoms with E-state index in [0.29, 0.717) is 0 Å². The molecule has 0 bridgehead atoms. The highest BCUT2D eigenvalue weighted by molar-refractivity contribution is 7.16. The van der Waals surface area contributed by atoms with Crippen molar-refractivity contribution in [2.75, 3.05) is 26.2 Å². The minimum absolute atomic E-state index is 0.00698. The van der Waals surface area contributed by atoms with Crippen molar-refractivity contribution < 1.29 is 9.90 Å². The molecule has 3 rings (SSSR count). The summed E-state index contributed by atoms with van der Waals surface area (Å²) in [4.78, 5) is 17.8. The van der Waals surface area contributed by atoms with E-state index >= 15 is 0 Å². The number of thiophene rings is 1. The third-order valence-corrected chi connectivity index (χ3v) is 5.46. The summed E-state index contributed by atoms with van der Waals surface area (Å²) in [5.74, 6) is 0.0354. The van der Waals surface area contributed by atoms with Crippen molar-refractivity contribution in [2.45, 2.75) is 13.2 Å². The van der Waals surface area contributed by atoms with Crippen LogP contribution in [-0.4, -0.2) is 47.0 Å². The Hall–Kier alpha value is -1.66. The molecule has 1 aromatic heterocycles. The summed E-state index contributed by atoms with van der Waals surface area (Å²) in [6.07, 6.45) is 3.42. The minimum Gasteiger partial charge on any atom is -0.392 e. The summed E-state index contributed by atoms with van der Waals surface area (Å²) in [5.41, 5.74) is 1.77. The van der Waals surface area contributed by atoms with E-state index in [1.807, 2.05) is 41.3 Å². The van der Waals surface area contributed by atoms with Gasteiger partial charge in [0.15, 0.2) is 0 Å². The van der Waals surface area contributed by atoms with Crippen LogP contribution in [0.15, 0.2) is 42.5 Å². The van der Waals surface area contributed by atoms with Crippen LogP contribution in [0.3, 0.4) is 0 Å². The molecule has 25 heavy (non-hydrogen) atoms. The maximum Gasteiger partial charge on any atom is 0.246 e. The van der Waals surface area contributed by atoms with Crippen molar-refractivity contribution in [2.24, 2.45) is 0 Å². The molecule has 0 saturated carbocycles. The van der Waals surface area contributed by atoms with Gasteiger partial charge >= 0.3 is 0 Å². The number of benzene rings is 1. The molecular formula is C19H21ClN2O2S. The van der Waals surface area contributed by atoms with Gasteiger partial charge in [0.05, 0.1) is 10.9 Å². The summed E-state index contributed by atoms with van der Waals surface area (Å²) in [6, 6.07) is 11.5. The van der Waals surface area contributed by atoms with Gasteiger partial charge < -0.3 is 10.0 Å². The first kappa shape index (κ1) is 18.1. The molecule has 1 saturated heterocycles. The van der Waals surface area contributed by atoms with Gasteiger partial charge in [-0.3, -0.25) is 9.69 Å². The highest BCUT2D eigenvalue weighted by atomic mass is 35.5. The van der Waals surface area contributed by atoms with Gasteiger partial charge in [0.25, 0.3) is 0 Å². The molecule has 2 heterocycles. The fourth-order valence-electron chi connectivity index (χ4n) is 2.85. The van der Waals surface area contributed by atoms with Crippen molar-refractivity contribution in [1.29, 1.82) is 0 Å². The van der Waals surface area contributed by atoms with Crippen molar-refractivity contribution >= 4 is 34.9 Å². The number of nitrogens with zero attached hydrogens (tertiary/aromatic N) is 2. The van der Waals surface area contributed by atoms with Crippen LogP contribution in [0, 0.1) is 0 Å². The van der Waals surface area contributed by atoms with Crippen LogP contribution in [0.5, 0.6) is 0 Å². The number of carbonyl (C=O) groups excluding carboxylic acids is 1. The van der Waals surface area contributed by atoms with Gasteiger partial charge in [0.2, 0.25) is 5.91 Å². The molecule has 2 aromatic rings. The Balaban J connectivity index is 1.50. The van der Waals surface area contributed by atoms with Crippen LogP contribution < -0.4 is 0 Å². The molecular weight excluding hydrogens is 356 g/mol. The van der Waals surface area contributed by atoms with Crippen LogP contribution >= 0.6 is 22.9 Å². The van der Waals surface area contributed by atoms with E-state index < -0.39 is 0 Å². The zero-order valence-electron chi connectivity index (χ0n) is 13.9. The van der Waals surface area contributed by atoms with Gasteiger partial charge in [-0.05, 0) is 35.4 Å². The van der Waals surface area contributed by atoms with Gasteiger partial charge in [-0.2, -0.15) is 0 Å². The van der Waals surface area contributed by atoms with Gasteiger partial charge in [0.1, 0.15) is 0 Å². The lowest BCUT2D eigenvalue weighted by atomic mass is 10.1. The zero-order valence-corrected chi connectivity index (χ0v) is 15.5. The molecule has 0 radical (unpaired) electrons. The first-order valence-electron chi connectivity index (χ1n) is 8.27. The standard InChI is InChI=1S/C19H21ClN2O2S/c20-18-6-5-17(25-18)13-21-8-10-22(11-9-21)19(24)7-4-15-2-1-3-16(12-15)14-23/h1-7,12,23H,8-11,13-14H2/b7-4+. The molecule has 1 aliphatic heterocycles. The molecule has 4 nitrogen and oxygen atoms in total. The van der Waals surface area contributed by atoms with E-state index in [-0.39, 0.29) is 12.5 Å². The van der Waals surface area contributed by atoms with E-state index in [9.17, 15) is 4.79 Å². The number of aliphatic hydroxyl groups excluding tert-OH is 1. The molecule has 1 fully saturated rings. The average molecular weight is 377 g/mol. The summed E-state index contributed by atoms with van der Waals surface area (Å²) >= 11 is 7.58. The van der Waals surface area contributed by atoms with E-state index in [2.05, 4.69) is 11.0 Å². The Morgan fingerprint density at radius 2 is 2.00 bits per heavy atom. The van der Waals surface area contributed by atoms with Crippen LogP contribution in [0.2, 0.25) is 4.34 Å². The van der Waals surface area contributed by atoms with Gasteiger partial charge in [-0.15, -0.1) is 11.3 Å². The van der Waals surface area contributed by atoms with Gasteiger partial charge in [-0.1, -0.05) is 29.8 Å². The molecule has 0 aliphatic carbocycles. The first-order chi connectivity index (χ1) is 12.1. The third-order valence-electron chi connectivity index (χ3n) is 4.24. The SMILES string of the molecule is O=C(/C=C/c1cccc(CO)c1)N1CCN(Cc2ccc(Cl)s2)CC1. The van der Waals surface area contributed by atoms with Crippen molar-refractivity contribution in [3.8, 4) is 0 Å². The fraction of sp³-hybridized carbons (Fsp3) is 0.316. The Kier molecular flexibility index (Phi) is 6.26. The van der Waals surface area contributed by atoms with Crippen LogP contribution in [-0.2, 0) is 17.9 Å². The van der Waals surface area contributed by atoms with Crippen LogP contribution in [0.25, 0.3) is 6.08 Å². The molecule has 6 heteroatoms.